The second-order valence-electron chi connectivity index (χ2n) is 8.97. The van der Waals surface area contributed by atoms with Crippen LogP contribution in [-0.4, -0.2) is 72.9 Å². The molecule has 0 aliphatic carbocycles. The molecule has 2 aliphatic rings. The van der Waals surface area contributed by atoms with Crippen molar-refractivity contribution in [3.8, 4) is 5.69 Å². The van der Waals surface area contributed by atoms with E-state index in [0.717, 1.165) is 11.3 Å². The number of carbonyl (C=O) groups is 2. The number of para-hydroxylation sites is 1. The van der Waals surface area contributed by atoms with Crippen molar-refractivity contribution in [1.29, 1.82) is 0 Å². The molecular weight excluding hydrogens is 480 g/mol. The van der Waals surface area contributed by atoms with Crippen LogP contribution in [0.2, 0.25) is 0 Å². The first-order valence-electron chi connectivity index (χ1n) is 11.8. The van der Waals surface area contributed by atoms with Gasteiger partial charge in [0.05, 0.1) is 24.2 Å². The number of thioether (sulfide) groups is 1. The van der Waals surface area contributed by atoms with Crippen molar-refractivity contribution in [2.45, 2.75) is 24.5 Å². The highest BCUT2D eigenvalue weighted by Gasteiger charge is 2.32. The summed E-state index contributed by atoms with van der Waals surface area (Å²) in [5.74, 6) is 0.718. The van der Waals surface area contributed by atoms with Gasteiger partial charge in [-0.3, -0.25) is 19.0 Å². The number of piperazine rings is 1. The molecule has 36 heavy (non-hydrogen) atoms. The Morgan fingerprint density at radius 1 is 1.08 bits per heavy atom. The van der Waals surface area contributed by atoms with Crippen molar-refractivity contribution in [1.82, 2.24) is 29.1 Å². The average molecular weight is 505 g/mol. The van der Waals surface area contributed by atoms with Crippen molar-refractivity contribution in [3.63, 3.8) is 0 Å². The zero-order chi connectivity index (χ0) is 24.8. The molecule has 2 aliphatic heterocycles. The maximum atomic E-state index is 13.4. The first-order chi connectivity index (χ1) is 17.5. The minimum Gasteiger partial charge on any atom is -0.459 e. The second kappa shape index (κ2) is 8.98. The second-order valence-corrected chi connectivity index (χ2v) is 9.96. The lowest BCUT2D eigenvalue weighted by molar-refractivity contribution is -0.133. The molecule has 5 heterocycles. The highest BCUT2D eigenvalue weighted by atomic mass is 32.2. The van der Waals surface area contributed by atoms with Gasteiger partial charge in [-0.25, -0.2) is 9.67 Å². The lowest BCUT2D eigenvalue weighted by Crippen LogP contribution is -2.51. The fourth-order valence-electron chi connectivity index (χ4n) is 4.80. The Morgan fingerprint density at radius 3 is 2.61 bits per heavy atom. The summed E-state index contributed by atoms with van der Waals surface area (Å²) in [6.07, 6.45) is 3.25. The van der Waals surface area contributed by atoms with Crippen molar-refractivity contribution < 1.29 is 14.0 Å². The van der Waals surface area contributed by atoms with Gasteiger partial charge in [0.1, 0.15) is 5.39 Å². The number of fused-ring (bicyclic) bond motifs is 2. The summed E-state index contributed by atoms with van der Waals surface area (Å²) in [4.78, 5) is 47.2. The van der Waals surface area contributed by atoms with Crippen LogP contribution in [0.15, 0.2) is 63.2 Å². The van der Waals surface area contributed by atoms with E-state index >= 15 is 0 Å². The number of aromatic nitrogens is 4. The number of hydrogen-bond donors (Lipinski definition) is 0. The van der Waals surface area contributed by atoms with E-state index < -0.39 is 0 Å². The monoisotopic (exact) mass is 504 g/mol. The van der Waals surface area contributed by atoms with Crippen LogP contribution in [0, 0.1) is 6.92 Å². The quantitative estimate of drug-likeness (QED) is 0.393. The molecule has 2 amide bonds. The molecule has 0 radical (unpaired) electrons. The van der Waals surface area contributed by atoms with Gasteiger partial charge in [0, 0.05) is 38.4 Å². The molecule has 11 heteroatoms. The first kappa shape index (κ1) is 22.6. The van der Waals surface area contributed by atoms with Crippen LogP contribution in [0.1, 0.15) is 28.6 Å². The SMILES string of the molecule is Cc1ccccc1-n1ncc2c(=O)n3c(nc21)SCC3CC(=O)N1CCN(C(=O)c2ccco2)CC1. The maximum absolute atomic E-state index is 13.4. The molecule has 0 spiro atoms. The Labute approximate surface area is 210 Å². The molecule has 1 atom stereocenters. The third-order valence-electron chi connectivity index (χ3n) is 6.78. The third-order valence-corrected chi connectivity index (χ3v) is 7.87. The molecule has 4 aromatic rings. The highest BCUT2D eigenvalue weighted by molar-refractivity contribution is 7.99. The fourth-order valence-corrected chi connectivity index (χ4v) is 5.93. The van der Waals surface area contributed by atoms with Gasteiger partial charge in [0.15, 0.2) is 16.6 Å². The summed E-state index contributed by atoms with van der Waals surface area (Å²) in [6, 6.07) is 10.9. The normalized spacial score (nSPS) is 17.5. The van der Waals surface area contributed by atoms with Crippen LogP contribution in [-0.2, 0) is 4.79 Å². The highest BCUT2D eigenvalue weighted by Crippen LogP contribution is 2.34. The Balaban J connectivity index is 1.18. The zero-order valence-electron chi connectivity index (χ0n) is 19.7. The van der Waals surface area contributed by atoms with Gasteiger partial charge < -0.3 is 14.2 Å². The average Bonchev–Trinajstić information content (AvgIpc) is 3.65. The number of amides is 2. The number of nitrogens with zero attached hydrogens (tertiary/aromatic N) is 6. The summed E-state index contributed by atoms with van der Waals surface area (Å²) < 4.78 is 8.55. The van der Waals surface area contributed by atoms with E-state index in [1.807, 2.05) is 31.2 Å². The zero-order valence-corrected chi connectivity index (χ0v) is 20.5. The Morgan fingerprint density at radius 2 is 1.86 bits per heavy atom. The van der Waals surface area contributed by atoms with E-state index in [4.69, 9.17) is 9.40 Å². The predicted molar refractivity (Wildman–Crippen MR) is 133 cm³/mol. The van der Waals surface area contributed by atoms with Crippen molar-refractivity contribution in [3.05, 3.63) is 70.5 Å². The van der Waals surface area contributed by atoms with Crippen LogP contribution in [0.4, 0.5) is 0 Å². The van der Waals surface area contributed by atoms with Crippen molar-refractivity contribution in [2.24, 2.45) is 0 Å². The molecule has 10 nitrogen and oxygen atoms in total. The topological polar surface area (TPSA) is 106 Å². The number of carbonyl (C=O) groups excluding carboxylic acids is 2. The first-order valence-corrected chi connectivity index (χ1v) is 12.8. The van der Waals surface area contributed by atoms with Crippen LogP contribution < -0.4 is 5.56 Å². The summed E-state index contributed by atoms with van der Waals surface area (Å²) in [5.41, 5.74) is 2.26. The number of rotatable bonds is 4. The van der Waals surface area contributed by atoms with E-state index in [1.165, 1.54) is 18.0 Å². The van der Waals surface area contributed by atoms with Crippen LogP contribution in [0.5, 0.6) is 0 Å². The van der Waals surface area contributed by atoms with Crippen molar-refractivity contribution in [2.75, 3.05) is 31.9 Å². The number of hydrogen-bond acceptors (Lipinski definition) is 7. The lowest BCUT2D eigenvalue weighted by Gasteiger charge is -2.34. The Bertz CT molecular complexity index is 1520. The molecular formula is C25H24N6O4S. The van der Waals surface area contributed by atoms with Crippen LogP contribution in [0.3, 0.4) is 0 Å². The number of furan rings is 1. The summed E-state index contributed by atoms with van der Waals surface area (Å²) in [7, 11) is 0. The molecule has 6 rings (SSSR count). The van der Waals surface area contributed by atoms with E-state index in [-0.39, 0.29) is 29.8 Å². The van der Waals surface area contributed by atoms with Crippen molar-refractivity contribution >= 4 is 34.6 Å². The largest absolute Gasteiger partial charge is 0.459 e. The molecule has 1 saturated heterocycles. The van der Waals surface area contributed by atoms with E-state index in [0.29, 0.717) is 53.9 Å². The van der Waals surface area contributed by atoms with Gasteiger partial charge in [-0.05, 0) is 30.7 Å². The Hall–Kier alpha value is -3.86. The van der Waals surface area contributed by atoms with Crippen LogP contribution >= 0.6 is 11.8 Å². The predicted octanol–water partition coefficient (Wildman–Crippen LogP) is 2.51. The molecule has 3 aromatic heterocycles. The van der Waals surface area contributed by atoms with Gasteiger partial charge >= 0.3 is 0 Å². The molecule has 0 bridgehead atoms. The molecule has 1 fully saturated rings. The molecule has 0 N–H and O–H groups in total. The maximum Gasteiger partial charge on any atom is 0.289 e. The van der Waals surface area contributed by atoms with Gasteiger partial charge in [-0.1, -0.05) is 30.0 Å². The molecule has 1 aromatic carbocycles. The number of aryl methyl sites for hydroxylation is 1. The van der Waals surface area contributed by atoms with Gasteiger partial charge in [0.25, 0.3) is 11.5 Å². The lowest BCUT2D eigenvalue weighted by atomic mass is 10.2. The smallest absolute Gasteiger partial charge is 0.289 e. The van der Waals surface area contributed by atoms with Crippen LogP contribution in [0.25, 0.3) is 16.7 Å². The molecule has 184 valence electrons. The summed E-state index contributed by atoms with van der Waals surface area (Å²) >= 11 is 1.48. The molecule has 1 unspecified atom stereocenters. The van der Waals surface area contributed by atoms with E-state index in [1.54, 1.807) is 37.4 Å². The van der Waals surface area contributed by atoms with E-state index in [2.05, 4.69) is 5.10 Å². The molecule has 0 saturated carbocycles. The number of benzene rings is 1. The summed E-state index contributed by atoms with van der Waals surface area (Å²) in [5, 5.41) is 5.49. The Kier molecular flexibility index (Phi) is 5.63. The minimum absolute atomic E-state index is 0.0267. The van der Waals surface area contributed by atoms with Gasteiger partial charge in [-0.15, -0.1) is 0 Å². The van der Waals surface area contributed by atoms with E-state index in [9.17, 15) is 14.4 Å². The standard InChI is InChI=1S/C25H24N6O4S/c1-16-5-2-3-6-19(16)31-22-18(14-26-31)23(33)30-17(15-36-25(30)27-22)13-21(32)28-8-10-29(11-9-28)24(34)20-7-4-12-35-20/h2-7,12,14,17H,8-11,13,15H2,1H3. The fraction of sp³-hybridized carbons (Fsp3) is 0.320. The van der Waals surface area contributed by atoms with Gasteiger partial charge in [-0.2, -0.15) is 5.10 Å². The van der Waals surface area contributed by atoms with Gasteiger partial charge in [0.2, 0.25) is 5.91 Å². The summed E-state index contributed by atoms with van der Waals surface area (Å²) in [6.45, 7) is 3.79. The minimum atomic E-state index is -0.272. The third kappa shape index (κ3) is 3.79.